The van der Waals surface area contributed by atoms with Crippen molar-refractivity contribution in [3.63, 3.8) is 0 Å². The van der Waals surface area contributed by atoms with Gasteiger partial charge in [0.25, 0.3) is 0 Å². The second-order valence-electron chi connectivity index (χ2n) is 8.50. The van der Waals surface area contributed by atoms with E-state index >= 15 is 0 Å². The Bertz CT molecular complexity index is 1050. The lowest BCUT2D eigenvalue weighted by atomic mass is 10.1. The second-order valence-corrected chi connectivity index (χ2v) is 9.51. The summed E-state index contributed by atoms with van der Waals surface area (Å²) in [5.74, 6) is 0.336. The molecule has 160 valence electrons. The van der Waals surface area contributed by atoms with Crippen LogP contribution in [0.4, 0.5) is 4.79 Å². The van der Waals surface area contributed by atoms with Crippen LogP contribution in [0.25, 0.3) is 10.9 Å². The van der Waals surface area contributed by atoms with Crippen molar-refractivity contribution in [3.8, 4) is 0 Å². The number of hydrogen-bond acceptors (Lipinski definition) is 7. The molecule has 1 atom stereocenters. The number of nitrogens with zero attached hydrogens (tertiary/aromatic N) is 2. The van der Waals surface area contributed by atoms with Gasteiger partial charge in [-0.25, -0.2) is 9.59 Å². The number of ketones is 1. The highest BCUT2D eigenvalue weighted by Gasteiger charge is 2.30. The van der Waals surface area contributed by atoms with Gasteiger partial charge in [-0.2, -0.15) is 0 Å². The molecule has 1 aromatic heterocycles. The van der Waals surface area contributed by atoms with Gasteiger partial charge in [-0.05, 0) is 38.8 Å². The van der Waals surface area contributed by atoms with Crippen molar-refractivity contribution < 1.29 is 23.9 Å². The molecule has 0 aliphatic carbocycles. The third-order valence-corrected chi connectivity index (χ3v) is 5.77. The maximum Gasteiger partial charge on any atom is 0.419 e. The zero-order valence-electron chi connectivity index (χ0n) is 18.0. The average molecular weight is 431 g/mol. The summed E-state index contributed by atoms with van der Waals surface area (Å²) in [5.41, 5.74) is 0.315. The molecule has 0 fully saturated rings. The number of ether oxygens (including phenoxy) is 2. The summed E-state index contributed by atoms with van der Waals surface area (Å²) in [4.78, 5) is 42.6. The monoisotopic (exact) mass is 430 g/mol. The van der Waals surface area contributed by atoms with Gasteiger partial charge in [-0.15, -0.1) is 11.8 Å². The number of methoxy groups -OCH3 is 1. The Balaban J connectivity index is 2.11. The fourth-order valence-corrected chi connectivity index (χ4v) is 4.32. The van der Waals surface area contributed by atoms with Crippen molar-refractivity contribution in [2.75, 3.05) is 12.9 Å². The number of aromatic nitrogens is 1. The van der Waals surface area contributed by atoms with Crippen LogP contribution in [0.15, 0.2) is 29.4 Å². The minimum atomic E-state index is -0.715. The van der Waals surface area contributed by atoms with Gasteiger partial charge in [0.15, 0.2) is 0 Å². The second kappa shape index (κ2) is 8.26. The van der Waals surface area contributed by atoms with E-state index in [-0.39, 0.29) is 17.4 Å². The summed E-state index contributed by atoms with van der Waals surface area (Å²) in [6.45, 7) is 9.44. The largest absolute Gasteiger partial charge is 0.465 e. The Hall–Kier alpha value is -2.61. The Morgan fingerprint density at radius 3 is 2.50 bits per heavy atom. The van der Waals surface area contributed by atoms with Gasteiger partial charge in [0.2, 0.25) is 5.78 Å². The minimum absolute atomic E-state index is 0.0964. The predicted octanol–water partition coefficient (Wildman–Crippen LogP) is 4.56. The quantitative estimate of drug-likeness (QED) is 0.522. The van der Waals surface area contributed by atoms with Gasteiger partial charge in [0, 0.05) is 17.3 Å². The number of fused-ring (bicyclic) bond motifs is 1. The van der Waals surface area contributed by atoms with Gasteiger partial charge in [0.05, 0.1) is 29.8 Å². The molecule has 3 rings (SSSR count). The highest BCUT2D eigenvalue weighted by molar-refractivity contribution is 8.16. The summed E-state index contributed by atoms with van der Waals surface area (Å²) >= 11 is 1.43. The summed E-state index contributed by atoms with van der Waals surface area (Å²) in [6, 6.07) is 4.85. The Labute approximate surface area is 179 Å². The normalized spacial score (nSPS) is 16.6. The van der Waals surface area contributed by atoms with Crippen LogP contribution in [-0.2, 0) is 9.47 Å². The Morgan fingerprint density at radius 1 is 1.23 bits per heavy atom. The standard InChI is InChI=1S/C22H26N2O5S/c1-12(2)16-11-30-19(23-16)18(25)15-10-24(21(27)29-22(3,4)5)17-9-13(20(26)28-6)7-8-14(15)17/h7-10,12,16H,11H2,1-6H3. The molecule has 1 unspecified atom stereocenters. The highest BCUT2D eigenvalue weighted by Crippen LogP contribution is 2.30. The number of esters is 1. The maximum absolute atomic E-state index is 13.2. The molecule has 0 saturated heterocycles. The van der Waals surface area contributed by atoms with Crippen LogP contribution >= 0.6 is 11.8 Å². The van der Waals surface area contributed by atoms with Crippen LogP contribution in [-0.4, -0.2) is 52.0 Å². The Morgan fingerprint density at radius 2 is 1.93 bits per heavy atom. The first-order chi connectivity index (χ1) is 14.0. The van der Waals surface area contributed by atoms with Gasteiger partial charge in [-0.3, -0.25) is 14.4 Å². The molecule has 0 N–H and O–H groups in total. The van der Waals surface area contributed by atoms with E-state index in [0.717, 1.165) is 5.75 Å². The number of benzene rings is 1. The van der Waals surface area contributed by atoms with Crippen LogP contribution < -0.4 is 0 Å². The Kier molecular flexibility index (Phi) is 6.08. The van der Waals surface area contributed by atoms with Crippen LogP contribution in [0.3, 0.4) is 0 Å². The van der Waals surface area contributed by atoms with Crippen molar-refractivity contribution in [2.45, 2.75) is 46.3 Å². The molecule has 0 radical (unpaired) electrons. The average Bonchev–Trinajstić information content (AvgIpc) is 3.30. The third kappa shape index (κ3) is 4.43. The van der Waals surface area contributed by atoms with Crippen LogP contribution in [0, 0.1) is 5.92 Å². The van der Waals surface area contributed by atoms with Crippen molar-refractivity contribution in [2.24, 2.45) is 10.9 Å². The summed E-state index contributed by atoms with van der Waals surface area (Å²) < 4.78 is 11.5. The lowest BCUT2D eigenvalue weighted by Crippen LogP contribution is -2.26. The molecule has 8 heteroatoms. The van der Waals surface area contributed by atoms with E-state index in [1.165, 1.54) is 35.7 Å². The van der Waals surface area contributed by atoms with Crippen molar-refractivity contribution >= 4 is 45.6 Å². The van der Waals surface area contributed by atoms with E-state index in [4.69, 9.17) is 9.47 Å². The molecular formula is C22H26N2O5S. The topological polar surface area (TPSA) is 87.0 Å². The smallest absolute Gasteiger partial charge is 0.419 e. The SMILES string of the molecule is COC(=O)c1ccc2c(C(=O)C3=NC(C(C)C)CS3)cn(C(=O)OC(C)(C)C)c2c1. The van der Waals surface area contributed by atoms with Crippen molar-refractivity contribution in [3.05, 3.63) is 35.5 Å². The van der Waals surface area contributed by atoms with Gasteiger partial charge >= 0.3 is 12.1 Å². The zero-order chi connectivity index (χ0) is 22.2. The van der Waals surface area contributed by atoms with Gasteiger partial charge < -0.3 is 9.47 Å². The number of Topliss-reactive ketones (excluding diaryl/α,β-unsaturated/α-hetero) is 1. The molecule has 2 aromatic rings. The van der Waals surface area contributed by atoms with Gasteiger partial charge in [0.1, 0.15) is 10.6 Å². The number of aliphatic imine (C=N–C) groups is 1. The third-order valence-electron chi connectivity index (χ3n) is 4.70. The number of thioether (sulfide) groups is 1. The molecule has 1 aromatic carbocycles. The van der Waals surface area contributed by atoms with E-state index in [9.17, 15) is 14.4 Å². The number of carbonyl (C=O) groups is 3. The number of carbonyl (C=O) groups excluding carboxylic acids is 3. The minimum Gasteiger partial charge on any atom is -0.465 e. The fourth-order valence-electron chi connectivity index (χ4n) is 3.09. The molecule has 1 aliphatic heterocycles. The lowest BCUT2D eigenvalue weighted by molar-refractivity contribution is 0.0541. The van der Waals surface area contributed by atoms with E-state index in [1.807, 2.05) is 0 Å². The van der Waals surface area contributed by atoms with Crippen molar-refractivity contribution in [1.29, 1.82) is 0 Å². The summed E-state index contributed by atoms with van der Waals surface area (Å²) in [6.07, 6.45) is 0.836. The molecule has 0 saturated carbocycles. The van der Waals surface area contributed by atoms with Crippen LogP contribution in [0.1, 0.15) is 55.3 Å². The maximum atomic E-state index is 13.2. The summed E-state index contributed by atoms with van der Waals surface area (Å²) in [5, 5.41) is 0.990. The molecule has 30 heavy (non-hydrogen) atoms. The van der Waals surface area contributed by atoms with Crippen LogP contribution in [0.2, 0.25) is 0 Å². The lowest BCUT2D eigenvalue weighted by Gasteiger charge is -2.19. The molecule has 2 heterocycles. The first kappa shape index (κ1) is 22.1. The van der Waals surface area contributed by atoms with E-state index in [1.54, 1.807) is 32.9 Å². The molecular weight excluding hydrogens is 404 g/mol. The summed E-state index contributed by atoms with van der Waals surface area (Å²) in [7, 11) is 1.29. The highest BCUT2D eigenvalue weighted by atomic mass is 32.2. The molecule has 0 amide bonds. The fraction of sp³-hybridized carbons (Fsp3) is 0.455. The van der Waals surface area contributed by atoms with E-state index < -0.39 is 17.7 Å². The number of hydrogen-bond donors (Lipinski definition) is 0. The first-order valence-electron chi connectivity index (χ1n) is 9.74. The van der Waals surface area contributed by atoms with Crippen molar-refractivity contribution in [1.82, 2.24) is 4.57 Å². The van der Waals surface area contributed by atoms with E-state index in [2.05, 4.69) is 18.8 Å². The predicted molar refractivity (Wildman–Crippen MR) is 118 cm³/mol. The molecule has 1 aliphatic rings. The van der Waals surface area contributed by atoms with Crippen LogP contribution in [0.5, 0.6) is 0 Å². The molecule has 0 spiro atoms. The molecule has 7 nitrogen and oxygen atoms in total. The molecule has 0 bridgehead atoms. The van der Waals surface area contributed by atoms with E-state index in [0.29, 0.717) is 27.4 Å². The van der Waals surface area contributed by atoms with Gasteiger partial charge in [-0.1, -0.05) is 19.9 Å². The number of rotatable bonds is 4. The zero-order valence-corrected chi connectivity index (χ0v) is 18.8. The first-order valence-corrected chi connectivity index (χ1v) is 10.7.